The molecule has 2 saturated carbocycles. The first-order valence-electron chi connectivity index (χ1n) is 19.5. The number of aromatic nitrogens is 4. The van der Waals surface area contributed by atoms with E-state index in [0.717, 1.165) is 56.2 Å². The maximum absolute atomic E-state index is 12.4. The minimum Gasteiger partial charge on any atom is -0.481 e. The van der Waals surface area contributed by atoms with Gasteiger partial charge in [-0.15, -0.1) is 0 Å². The van der Waals surface area contributed by atoms with Crippen molar-refractivity contribution in [3.63, 3.8) is 0 Å². The number of carbonyl (C=O) groups excluding carboxylic acids is 1. The van der Waals surface area contributed by atoms with Crippen LogP contribution in [0, 0.1) is 23.7 Å². The van der Waals surface area contributed by atoms with Gasteiger partial charge >= 0.3 is 5.97 Å². The number of benzene rings is 2. The fourth-order valence-electron chi connectivity index (χ4n) is 9.27. The molecular formula is C41H52N6O7S. The molecule has 2 aromatic heterocycles. The van der Waals surface area contributed by atoms with Crippen molar-refractivity contribution in [2.45, 2.75) is 88.5 Å². The van der Waals surface area contributed by atoms with E-state index < -0.39 is 28.2 Å². The van der Waals surface area contributed by atoms with Crippen molar-refractivity contribution in [2.24, 2.45) is 23.7 Å². The Balaban J connectivity index is 0.000000174. The van der Waals surface area contributed by atoms with Crippen LogP contribution in [0.25, 0.3) is 22.5 Å². The monoisotopic (exact) mass is 772 g/mol. The third-order valence-corrected chi connectivity index (χ3v) is 13.0. The summed E-state index contributed by atoms with van der Waals surface area (Å²) < 4.78 is 28.8. The number of aliphatic hydroxyl groups excluding tert-OH is 2. The van der Waals surface area contributed by atoms with Crippen LogP contribution in [0.15, 0.2) is 73.6 Å². The molecular weight excluding hydrogens is 721 g/mol. The van der Waals surface area contributed by atoms with Crippen LogP contribution < -0.4 is 10.0 Å². The normalized spacial score (nSPS) is 25.0. The Kier molecular flexibility index (Phi) is 11.9. The average molecular weight is 773 g/mol. The average Bonchev–Trinajstić information content (AvgIpc) is 3.98. The zero-order valence-corrected chi connectivity index (χ0v) is 32.0. The topological polar surface area (TPSA) is 189 Å². The quantitative estimate of drug-likeness (QED) is 0.126. The Morgan fingerprint density at radius 3 is 1.64 bits per heavy atom. The number of aliphatic carboxylic acids is 1. The molecule has 2 aromatic carbocycles. The van der Waals surface area contributed by atoms with Crippen LogP contribution in [0.3, 0.4) is 0 Å². The standard InChI is InChI=1S/C22H30N4O4S.C19H22N2O3/c1-31(29,30)25-11-10-24-22(28)16-8-6-15(7-9-16)21(27)12-19-17-4-2-3-5-18(17)20-13-23-14-26(19)20;22-18(12-5-7-13(8-6-12)19(23)24)9-16-14-3-1-2-4-15(14)17-10-20-11-21(16)17/h2-5,13-16,19,21,25,27H,6-12H2,1H3,(H,24,28);1-4,10-13,16,18,22H,5-9H2,(H,23,24). The van der Waals surface area contributed by atoms with Crippen molar-refractivity contribution in [2.75, 3.05) is 19.3 Å². The highest BCUT2D eigenvalue weighted by atomic mass is 32.2. The van der Waals surface area contributed by atoms with Crippen LogP contribution in [-0.2, 0) is 19.6 Å². The van der Waals surface area contributed by atoms with E-state index in [4.69, 9.17) is 5.11 Å². The number of hydrogen-bond acceptors (Lipinski definition) is 8. The van der Waals surface area contributed by atoms with Crippen molar-refractivity contribution < 1.29 is 33.3 Å². The number of nitrogens with one attached hydrogen (secondary N) is 2. The van der Waals surface area contributed by atoms with E-state index >= 15 is 0 Å². The van der Waals surface area contributed by atoms with Crippen molar-refractivity contribution in [3.05, 3.63) is 84.7 Å². The van der Waals surface area contributed by atoms with E-state index in [1.54, 1.807) is 0 Å². The molecule has 2 aliphatic carbocycles. The maximum atomic E-state index is 12.4. The largest absolute Gasteiger partial charge is 0.481 e. The predicted octanol–water partition coefficient (Wildman–Crippen LogP) is 4.77. The third-order valence-electron chi connectivity index (χ3n) is 12.3. The minimum atomic E-state index is -3.24. The first-order chi connectivity index (χ1) is 26.5. The number of sulfonamides is 1. The molecule has 294 valence electrons. The lowest BCUT2D eigenvalue weighted by atomic mass is 9.77. The van der Waals surface area contributed by atoms with E-state index in [9.17, 15) is 28.2 Å². The minimum absolute atomic E-state index is 0.0315. The zero-order chi connectivity index (χ0) is 38.7. The number of nitrogens with zero attached hydrogens (tertiary/aromatic N) is 4. The summed E-state index contributed by atoms with van der Waals surface area (Å²) in [6.07, 6.45) is 15.0. The lowest BCUT2D eigenvalue weighted by Gasteiger charge is -2.32. The molecule has 55 heavy (non-hydrogen) atoms. The highest BCUT2D eigenvalue weighted by Gasteiger charge is 2.36. The summed E-state index contributed by atoms with van der Waals surface area (Å²) in [5.74, 6) is -0.669. The Hall–Kier alpha value is -4.37. The van der Waals surface area contributed by atoms with Gasteiger partial charge in [-0.1, -0.05) is 48.5 Å². The van der Waals surface area contributed by atoms with Crippen molar-refractivity contribution in [1.82, 2.24) is 29.1 Å². The number of carboxylic acids is 1. The van der Waals surface area contributed by atoms with Crippen molar-refractivity contribution >= 4 is 21.9 Å². The second kappa shape index (κ2) is 16.8. The summed E-state index contributed by atoms with van der Waals surface area (Å²) >= 11 is 0. The van der Waals surface area contributed by atoms with Crippen LogP contribution in [0.1, 0.15) is 87.4 Å². The molecule has 1 amide bonds. The summed E-state index contributed by atoms with van der Waals surface area (Å²) in [4.78, 5) is 32.0. The van der Waals surface area contributed by atoms with E-state index in [1.165, 1.54) is 22.3 Å². The number of carbonyl (C=O) groups is 2. The molecule has 4 aliphatic rings. The second-order valence-electron chi connectivity index (χ2n) is 15.7. The van der Waals surface area contributed by atoms with Gasteiger partial charge in [-0.2, -0.15) is 0 Å². The summed E-state index contributed by atoms with van der Waals surface area (Å²) in [5, 5.41) is 33.7. The van der Waals surface area contributed by atoms with E-state index in [0.29, 0.717) is 25.7 Å². The first-order valence-corrected chi connectivity index (χ1v) is 21.4. The summed E-state index contributed by atoms with van der Waals surface area (Å²) in [6.45, 7) is 0.473. The smallest absolute Gasteiger partial charge is 0.306 e. The molecule has 2 fully saturated rings. The SMILES string of the molecule is CS(=O)(=O)NCCNC(=O)C1CCC(C(O)CC2c3ccccc3-c3cncn32)CC1.O=C(O)C1CCC(C(O)CC2c3ccccc3-c3cncn32)CC1. The molecule has 4 heterocycles. The Morgan fingerprint density at radius 2 is 1.18 bits per heavy atom. The number of hydrogen-bond donors (Lipinski definition) is 5. The molecule has 5 N–H and O–H groups in total. The van der Waals surface area contributed by atoms with Gasteiger partial charge in [-0.25, -0.2) is 23.1 Å². The zero-order valence-electron chi connectivity index (χ0n) is 31.2. The highest BCUT2D eigenvalue weighted by molar-refractivity contribution is 7.88. The fourth-order valence-corrected chi connectivity index (χ4v) is 9.74. The molecule has 2 aliphatic heterocycles. The molecule has 0 radical (unpaired) electrons. The number of fused-ring (bicyclic) bond motifs is 6. The molecule has 0 saturated heterocycles. The predicted molar refractivity (Wildman–Crippen MR) is 207 cm³/mol. The number of rotatable bonds is 12. The van der Waals surface area contributed by atoms with Gasteiger partial charge in [-0.05, 0) is 87.2 Å². The summed E-state index contributed by atoms with van der Waals surface area (Å²) in [7, 11) is -3.24. The Labute approximate surface area is 322 Å². The fraction of sp³-hybridized carbons (Fsp3) is 0.512. The molecule has 4 atom stereocenters. The highest BCUT2D eigenvalue weighted by Crippen LogP contribution is 2.44. The molecule has 4 aromatic rings. The number of imidazole rings is 2. The van der Waals surface area contributed by atoms with E-state index in [1.807, 2.05) is 49.3 Å². The van der Waals surface area contributed by atoms with Crippen LogP contribution in [-0.4, -0.2) is 86.3 Å². The maximum Gasteiger partial charge on any atom is 0.306 e. The van der Waals surface area contributed by atoms with Crippen molar-refractivity contribution in [1.29, 1.82) is 0 Å². The van der Waals surface area contributed by atoms with Crippen LogP contribution >= 0.6 is 0 Å². The summed E-state index contributed by atoms with van der Waals surface area (Å²) in [5.41, 5.74) is 7.06. The van der Waals surface area contributed by atoms with Crippen LogP contribution in [0.2, 0.25) is 0 Å². The molecule has 0 bridgehead atoms. The van der Waals surface area contributed by atoms with Gasteiger partial charge in [0.25, 0.3) is 0 Å². The van der Waals surface area contributed by atoms with Gasteiger partial charge in [0, 0.05) is 30.1 Å². The number of aliphatic hydroxyl groups is 2. The number of carboxylic acid groups (broad SMARTS) is 1. The van der Waals surface area contributed by atoms with Gasteiger partial charge in [0.2, 0.25) is 15.9 Å². The van der Waals surface area contributed by atoms with Gasteiger partial charge in [-0.3, -0.25) is 9.59 Å². The lowest BCUT2D eigenvalue weighted by Crippen LogP contribution is -2.39. The van der Waals surface area contributed by atoms with Crippen LogP contribution in [0.5, 0.6) is 0 Å². The van der Waals surface area contributed by atoms with Crippen molar-refractivity contribution in [3.8, 4) is 22.5 Å². The van der Waals surface area contributed by atoms with Crippen LogP contribution in [0.4, 0.5) is 0 Å². The molecule has 8 rings (SSSR count). The van der Waals surface area contributed by atoms with Gasteiger partial charge < -0.3 is 29.8 Å². The number of amides is 1. The first kappa shape index (κ1) is 38.9. The van der Waals surface area contributed by atoms with Gasteiger partial charge in [0.05, 0.1) is 72.9 Å². The lowest BCUT2D eigenvalue weighted by molar-refractivity contribution is -0.143. The van der Waals surface area contributed by atoms with Gasteiger partial charge in [0.1, 0.15) is 0 Å². The second-order valence-corrected chi connectivity index (χ2v) is 17.5. The third kappa shape index (κ3) is 8.72. The molecule has 4 unspecified atom stereocenters. The Bertz CT molecular complexity index is 2070. The molecule has 14 heteroatoms. The summed E-state index contributed by atoms with van der Waals surface area (Å²) in [6, 6.07) is 16.8. The Morgan fingerprint density at radius 1 is 0.727 bits per heavy atom. The molecule has 0 spiro atoms. The van der Waals surface area contributed by atoms with Gasteiger partial charge in [0.15, 0.2) is 0 Å². The van der Waals surface area contributed by atoms with E-state index in [-0.39, 0.29) is 54.8 Å². The molecule has 13 nitrogen and oxygen atoms in total. The van der Waals surface area contributed by atoms with E-state index in [2.05, 4.69) is 53.4 Å².